The third-order valence-corrected chi connectivity index (χ3v) is 3.61. The highest BCUT2D eigenvalue weighted by Crippen LogP contribution is 2.24. The molecular weight excluding hydrogens is 252 g/mol. The van der Waals surface area contributed by atoms with Gasteiger partial charge in [-0.3, -0.25) is 0 Å². The van der Waals surface area contributed by atoms with Crippen LogP contribution in [0.3, 0.4) is 0 Å². The van der Waals surface area contributed by atoms with Crippen LogP contribution in [-0.2, 0) is 0 Å². The van der Waals surface area contributed by atoms with Crippen LogP contribution in [0.4, 0.5) is 0 Å². The second-order valence-corrected chi connectivity index (χ2v) is 5.07. The lowest BCUT2D eigenvalue weighted by Gasteiger charge is -2.25. The standard InChI is InChI=1S/C15H14N4O/c1-9-18-13-6-10(2-3-14(13)20-9)12-4-5-17-15(19-12)11-7-16-8-11/h2-6,11,16H,7-8H2,1H3. The fourth-order valence-electron chi connectivity index (χ4n) is 2.40. The largest absolute Gasteiger partial charge is 0.441 e. The normalized spacial score (nSPS) is 15.4. The maximum atomic E-state index is 5.50. The Balaban J connectivity index is 1.77. The second kappa shape index (κ2) is 4.38. The molecular formula is C15H14N4O. The van der Waals surface area contributed by atoms with Crippen LogP contribution in [-0.4, -0.2) is 28.0 Å². The Morgan fingerprint density at radius 2 is 2.10 bits per heavy atom. The van der Waals surface area contributed by atoms with Crippen LogP contribution < -0.4 is 5.32 Å². The summed E-state index contributed by atoms with van der Waals surface area (Å²) in [5, 5.41) is 3.24. The number of fused-ring (bicyclic) bond motifs is 1. The predicted molar refractivity (Wildman–Crippen MR) is 75.4 cm³/mol. The molecule has 0 amide bonds. The number of hydrogen-bond donors (Lipinski definition) is 1. The number of aromatic nitrogens is 3. The van der Waals surface area contributed by atoms with Crippen molar-refractivity contribution in [3.63, 3.8) is 0 Å². The maximum absolute atomic E-state index is 5.50. The molecule has 100 valence electrons. The molecule has 3 heterocycles. The lowest BCUT2D eigenvalue weighted by molar-refractivity contribution is 0.430. The number of nitrogens with one attached hydrogen (secondary N) is 1. The van der Waals surface area contributed by atoms with Crippen LogP contribution in [0.2, 0.25) is 0 Å². The van der Waals surface area contributed by atoms with Crippen molar-refractivity contribution in [2.75, 3.05) is 13.1 Å². The molecule has 1 saturated heterocycles. The van der Waals surface area contributed by atoms with E-state index in [1.165, 1.54) is 0 Å². The van der Waals surface area contributed by atoms with Gasteiger partial charge in [0.05, 0.1) is 5.69 Å². The van der Waals surface area contributed by atoms with E-state index in [9.17, 15) is 0 Å². The highest BCUT2D eigenvalue weighted by Gasteiger charge is 2.21. The van der Waals surface area contributed by atoms with E-state index in [0.717, 1.165) is 41.3 Å². The SMILES string of the molecule is Cc1nc2cc(-c3ccnc(C4CNC4)n3)ccc2o1. The van der Waals surface area contributed by atoms with E-state index < -0.39 is 0 Å². The van der Waals surface area contributed by atoms with Gasteiger partial charge >= 0.3 is 0 Å². The lowest BCUT2D eigenvalue weighted by Crippen LogP contribution is -2.40. The smallest absolute Gasteiger partial charge is 0.192 e. The second-order valence-electron chi connectivity index (χ2n) is 5.07. The van der Waals surface area contributed by atoms with E-state index in [2.05, 4.69) is 20.3 Å². The Labute approximate surface area is 116 Å². The highest BCUT2D eigenvalue weighted by molar-refractivity contribution is 5.79. The van der Waals surface area contributed by atoms with Crippen molar-refractivity contribution in [2.45, 2.75) is 12.8 Å². The van der Waals surface area contributed by atoms with Crippen LogP contribution in [0.25, 0.3) is 22.4 Å². The summed E-state index contributed by atoms with van der Waals surface area (Å²) in [6.07, 6.45) is 1.83. The van der Waals surface area contributed by atoms with Gasteiger partial charge in [0, 0.05) is 37.7 Å². The summed E-state index contributed by atoms with van der Waals surface area (Å²) in [6, 6.07) is 7.90. The van der Waals surface area contributed by atoms with Gasteiger partial charge < -0.3 is 9.73 Å². The molecule has 0 radical (unpaired) electrons. The van der Waals surface area contributed by atoms with E-state index in [4.69, 9.17) is 4.42 Å². The zero-order chi connectivity index (χ0) is 13.5. The Kier molecular flexibility index (Phi) is 2.53. The van der Waals surface area contributed by atoms with E-state index in [0.29, 0.717) is 11.8 Å². The van der Waals surface area contributed by atoms with Crippen molar-refractivity contribution in [2.24, 2.45) is 0 Å². The Hall–Kier alpha value is -2.27. The van der Waals surface area contributed by atoms with Crippen molar-refractivity contribution in [1.82, 2.24) is 20.3 Å². The number of hydrogen-bond acceptors (Lipinski definition) is 5. The molecule has 3 aromatic rings. The Bertz CT molecular complexity index is 776. The van der Waals surface area contributed by atoms with Gasteiger partial charge in [0.1, 0.15) is 11.3 Å². The monoisotopic (exact) mass is 266 g/mol. The minimum absolute atomic E-state index is 0.438. The van der Waals surface area contributed by atoms with Crippen molar-refractivity contribution in [1.29, 1.82) is 0 Å². The molecule has 0 aliphatic carbocycles. The first kappa shape index (κ1) is 11.5. The zero-order valence-electron chi connectivity index (χ0n) is 11.1. The highest BCUT2D eigenvalue weighted by atomic mass is 16.3. The van der Waals surface area contributed by atoms with Gasteiger partial charge in [-0.15, -0.1) is 0 Å². The molecule has 0 spiro atoms. The van der Waals surface area contributed by atoms with Crippen molar-refractivity contribution >= 4 is 11.1 Å². The summed E-state index contributed by atoms with van der Waals surface area (Å²) in [7, 11) is 0. The third kappa shape index (κ3) is 1.87. The molecule has 5 nitrogen and oxygen atoms in total. The number of benzene rings is 1. The van der Waals surface area contributed by atoms with Crippen molar-refractivity contribution in [3.8, 4) is 11.3 Å². The molecule has 20 heavy (non-hydrogen) atoms. The predicted octanol–water partition coefficient (Wildman–Crippen LogP) is 2.28. The number of oxazole rings is 1. The van der Waals surface area contributed by atoms with Crippen molar-refractivity contribution < 1.29 is 4.42 Å². The molecule has 1 aliphatic heterocycles. The van der Waals surface area contributed by atoms with E-state index >= 15 is 0 Å². The topological polar surface area (TPSA) is 63.8 Å². The minimum Gasteiger partial charge on any atom is -0.441 e. The quantitative estimate of drug-likeness (QED) is 0.771. The van der Waals surface area contributed by atoms with Gasteiger partial charge in [0.2, 0.25) is 0 Å². The van der Waals surface area contributed by atoms with Crippen molar-refractivity contribution in [3.05, 3.63) is 42.2 Å². The summed E-state index contributed by atoms with van der Waals surface area (Å²) >= 11 is 0. The number of rotatable bonds is 2. The van der Waals surface area contributed by atoms with Crippen LogP contribution in [0.15, 0.2) is 34.9 Å². The molecule has 1 aromatic carbocycles. The van der Waals surface area contributed by atoms with Gasteiger partial charge in [-0.1, -0.05) is 0 Å². The maximum Gasteiger partial charge on any atom is 0.192 e. The first-order valence-corrected chi connectivity index (χ1v) is 6.71. The van der Waals surface area contributed by atoms with E-state index in [1.54, 1.807) is 0 Å². The van der Waals surface area contributed by atoms with Gasteiger partial charge in [0.15, 0.2) is 11.5 Å². The molecule has 4 rings (SSSR count). The molecule has 1 aliphatic rings. The zero-order valence-corrected chi connectivity index (χ0v) is 11.1. The number of aryl methyl sites for hydroxylation is 1. The van der Waals surface area contributed by atoms with E-state index in [-0.39, 0.29) is 0 Å². The molecule has 5 heteroatoms. The number of nitrogens with zero attached hydrogens (tertiary/aromatic N) is 3. The van der Waals surface area contributed by atoms with Gasteiger partial charge in [0.25, 0.3) is 0 Å². The first-order chi connectivity index (χ1) is 9.79. The van der Waals surface area contributed by atoms with Gasteiger partial charge in [-0.2, -0.15) is 0 Å². The Morgan fingerprint density at radius 1 is 1.20 bits per heavy atom. The van der Waals surface area contributed by atoms with Gasteiger partial charge in [-0.25, -0.2) is 15.0 Å². The summed E-state index contributed by atoms with van der Waals surface area (Å²) in [4.78, 5) is 13.4. The summed E-state index contributed by atoms with van der Waals surface area (Å²) < 4.78 is 5.50. The van der Waals surface area contributed by atoms with Gasteiger partial charge in [-0.05, 0) is 24.3 Å². The first-order valence-electron chi connectivity index (χ1n) is 6.71. The molecule has 0 saturated carbocycles. The average Bonchev–Trinajstić information content (AvgIpc) is 2.76. The molecule has 0 bridgehead atoms. The lowest BCUT2D eigenvalue weighted by atomic mass is 10.0. The van der Waals surface area contributed by atoms with Crippen LogP contribution in [0, 0.1) is 6.92 Å². The summed E-state index contributed by atoms with van der Waals surface area (Å²) in [6.45, 7) is 3.78. The fraction of sp³-hybridized carbons (Fsp3) is 0.267. The Morgan fingerprint density at radius 3 is 2.90 bits per heavy atom. The van der Waals surface area contributed by atoms with Crippen LogP contribution in [0.1, 0.15) is 17.6 Å². The molecule has 0 unspecified atom stereocenters. The fourth-order valence-corrected chi connectivity index (χ4v) is 2.40. The van der Waals surface area contributed by atoms with Crippen LogP contribution >= 0.6 is 0 Å². The molecule has 0 atom stereocenters. The van der Waals surface area contributed by atoms with Crippen LogP contribution in [0.5, 0.6) is 0 Å². The minimum atomic E-state index is 0.438. The van der Waals surface area contributed by atoms with E-state index in [1.807, 2.05) is 37.4 Å². The molecule has 2 aromatic heterocycles. The third-order valence-electron chi connectivity index (χ3n) is 3.61. The molecule has 1 N–H and O–H groups in total. The average molecular weight is 266 g/mol. The summed E-state index contributed by atoms with van der Waals surface area (Å²) in [5.74, 6) is 2.03. The summed E-state index contributed by atoms with van der Waals surface area (Å²) in [5.41, 5.74) is 3.65. The molecule has 1 fully saturated rings.